The normalized spacial score (nSPS) is 14.3. The molecule has 0 bridgehead atoms. The number of hydrogen-bond donors (Lipinski definition) is 2. The summed E-state index contributed by atoms with van der Waals surface area (Å²) in [4.78, 5) is 12.2. The van der Waals surface area contributed by atoms with Gasteiger partial charge in [0.1, 0.15) is 0 Å². The van der Waals surface area contributed by atoms with Gasteiger partial charge >= 0.3 is 0 Å². The van der Waals surface area contributed by atoms with Crippen molar-refractivity contribution in [2.24, 2.45) is 5.92 Å². The number of halogens is 1. The molecule has 100 valence electrons. The lowest BCUT2D eigenvalue weighted by atomic mass is 10.0. The third kappa shape index (κ3) is 4.24. The summed E-state index contributed by atoms with van der Waals surface area (Å²) in [6.07, 6.45) is 0.891. The minimum Gasteiger partial charge on any atom is -0.348 e. The molecule has 18 heavy (non-hydrogen) atoms. The molecule has 1 rings (SSSR count). The first kappa shape index (κ1) is 15.4. The van der Waals surface area contributed by atoms with Crippen LogP contribution in [0.3, 0.4) is 0 Å². The lowest BCUT2D eigenvalue weighted by Crippen LogP contribution is -2.45. The smallest absolute Gasteiger partial charge is 0.238 e. The van der Waals surface area contributed by atoms with E-state index in [4.69, 9.17) is 0 Å². The molecule has 2 N–H and O–H groups in total. The molecule has 4 heteroatoms. The molecular formula is C14H21IN2O. The van der Waals surface area contributed by atoms with Crippen molar-refractivity contribution in [1.29, 1.82) is 0 Å². The van der Waals surface area contributed by atoms with Crippen molar-refractivity contribution in [1.82, 2.24) is 8.85 Å². The summed E-state index contributed by atoms with van der Waals surface area (Å²) in [6.45, 7) is 6.17. The van der Waals surface area contributed by atoms with Gasteiger partial charge in [-0.3, -0.25) is 4.79 Å². The maximum atomic E-state index is 12.2. The first-order valence-electron chi connectivity index (χ1n) is 6.31. The predicted molar refractivity (Wildman–Crippen MR) is 83.4 cm³/mol. The number of carbonyl (C=O) groups excluding carboxylic acids is 1. The number of amides is 1. The van der Waals surface area contributed by atoms with E-state index in [1.807, 2.05) is 54.9 Å². The van der Waals surface area contributed by atoms with Gasteiger partial charge in [-0.25, -0.2) is 3.53 Å². The summed E-state index contributed by atoms with van der Waals surface area (Å²) in [6, 6.07) is 10.0. The minimum atomic E-state index is -0.150. The Morgan fingerprint density at radius 1 is 1.28 bits per heavy atom. The van der Waals surface area contributed by atoms with E-state index >= 15 is 0 Å². The second-order valence-corrected chi connectivity index (χ2v) is 5.33. The fraction of sp³-hybridized carbons (Fsp3) is 0.500. The molecule has 0 aliphatic rings. The number of benzene rings is 1. The van der Waals surface area contributed by atoms with Crippen LogP contribution in [0.5, 0.6) is 0 Å². The Bertz CT molecular complexity index is 367. The predicted octanol–water partition coefficient (Wildman–Crippen LogP) is 3.22. The Hall–Kier alpha value is -0.620. The first-order valence-corrected chi connectivity index (χ1v) is 7.39. The highest BCUT2D eigenvalue weighted by Crippen LogP contribution is 2.16. The van der Waals surface area contributed by atoms with Gasteiger partial charge in [0.15, 0.2) is 0 Å². The fourth-order valence-electron chi connectivity index (χ4n) is 1.85. The van der Waals surface area contributed by atoms with E-state index < -0.39 is 0 Å². The van der Waals surface area contributed by atoms with Crippen LogP contribution in [-0.4, -0.2) is 11.9 Å². The second kappa shape index (κ2) is 7.74. The molecule has 1 aromatic carbocycles. The van der Waals surface area contributed by atoms with E-state index in [0.29, 0.717) is 0 Å². The molecule has 0 aliphatic carbocycles. The van der Waals surface area contributed by atoms with Gasteiger partial charge in [-0.15, -0.1) is 0 Å². The van der Waals surface area contributed by atoms with Crippen LogP contribution >= 0.6 is 22.9 Å². The van der Waals surface area contributed by atoms with Crippen molar-refractivity contribution in [2.75, 3.05) is 0 Å². The molecule has 0 unspecified atom stereocenters. The van der Waals surface area contributed by atoms with Crippen molar-refractivity contribution in [3.63, 3.8) is 0 Å². The number of carbonyl (C=O) groups is 1. The number of nitrogens with one attached hydrogen (secondary N) is 2. The lowest BCUT2D eigenvalue weighted by molar-refractivity contribution is -0.124. The summed E-state index contributed by atoms with van der Waals surface area (Å²) in [5, 5.41) is 3.11. The van der Waals surface area contributed by atoms with E-state index in [0.717, 1.165) is 12.0 Å². The average molecular weight is 360 g/mol. The molecule has 2 atom stereocenters. The molecule has 0 saturated carbocycles. The molecular weight excluding hydrogens is 339 g/mol. The van der Waals surface area contributed by atoms with E-state index in [1.54, 1.807) is 0 Å². The highest BCUT2D eigenvalue weighted by molar-refractivity contribution is 14.1. The van der Waals surface area contributed by atoms with Gasteiger partial charge in [-0.2, -0.15) is 0 Å². The van der Waals surface area contributed by atoms with Gasteiger partial charge in [-0.05, 0) is 17.9 Å². The molecule has 0 radical (unpaired) electrons. The van der Waals surface area contributed by atoms with Crippen molar-refractivity contribution in [3.8, 4) is 0 Å². The van der Waals surface area contributed by atoms with Gasteiger partial charge in [0, 0.05) is 22.9 Å². The van der Waals surface area contributed by atoms with Crippen LogP contribution in [0.2, 0.25) is 0 Å². The van der Waals surface area contributed by atoms with Gasteiger partial charge in [0.05, 0.1) is 12.1 Å². The third-order valence-electron chi connectivity index (χ3n) is 2.99. The van der Waals surface area contributed by atoms with Crippen LogP contribution in [0.25, 0.3) is 0 Å². The summed E-state index contributed by atoms with van der Waals surface area (Å²) in [5.41, 5.74) is 1.16. The first-order chi connectivity index (χ1) is 8.60. The molecule has 0 aromatic heterocycles. The zero-order chi connectivity index (χ0) is 13.5. The molecule has 0 fully saturated rings. The fourth-order valence-corrected chi connectivity index (χ4v) is 2.85. The monoisotopic (exact) mass is 360 g/mol. The molecule has 0 saturated heterocycles. The van der Waals surface area contributed by atoms with E-state index in [-0.39, 0.29) is 23.9 Å². The lowest BCUT2D eigenvalue weighted by Gasteiger charge is -2.23. The zero-order valence-corrected chi connectivity index (χ0v) is 13.3. The summed E-state index contributed by atoms with van der Waals surface area (Å²) in [7, 11) is 0. The summed E-state index contributed by atoms with van der Waals surface area (Å²) >= 11 is 2.04. The van der Waals surface area contributed by atoms with Crippen molar-refractivity contribution in [3.05, 3.63) is 35.9 Å². The number of rotatable bonds is 6. The zero-order valence-electron chi connectivity index (χ0n) is 11.1. The van der Waals surface area contributed by atoms with E-state index in [9.17, 15) is 4.79 Å². The van der Waals surface area contributed by atoms with Crippen molar-refractivity contribution >= 4 is 28.8 Å². The Balaban J connectivity index is 2.72. The number of hydrogen-bond acceptors (Lipinski definition) is 2. The Morgan fingerprint density at radius 3 is 2.33 bits per heavy atom. The van der Waals surface area contributed by atoms with Crippen LogP contribution in [0.1, 0.15) is 38.8 Å². The molecule has 1 amide bonds. The van der Waals surface area contributed by atoms with Gasteiger partial charge in [0.2, 0.25) is 5.91 Å². The summed E-state index contributed by atoms with van der Waals surface area (Å²) in [5.74, 6) is 0.338. The van der Waals surface area contributed by atoms with Crippen LogP contribution in [0.15, 0.2) is 30.3 Å². The molecule has 0 spiro atoms. The summed E-state index contributed by atoms with van der Waals surface area (Å²) < 4.78 is 3.04. The average Bonchev–Trinajstić information content (AvgIpc) is 2.37. The molecule has 1 aromatic rings. The second-order valence-electron chi connectivity index (χ2n) is 4.71. The molecule has 0 heterocycles. The minimum absolute atomic E-state index is 0.0649. The van der Waals surface area contributed by atoms with Crippen LogP contribution in [0, 0.1) is 5.92 Å². The topological polar surface area (TPSA) is 41.1 Å². The maximum Gasteiger partial charge on any atom is 0.238 e. The Kier molecular flexibility index (Phi) is 6.63. The standard InChI is InChI=1S/C14H21IN2O/c1-4-12(11-8-6-5-7-9-11)16-14(18)13(17-15)10(2)3/h5-10,12-13,17H,4H2,1-3H3,(H,16,18)/t12-,13+/m1/s1. The van der Waals surface area contributed by atoms with Crippen molar-refractivity contribution < 1.29 is 4.79 Å². The van der Waals surface area contributed by atoms with Gasteiger partial charge < -0.3 is 5.32 Å². The highest BCUT2D eigenvalue weighted by atomic mass is 127. The quantitative estimate of drug-likeness (QED) is 0.604. The van der Waals surface area contributed by atoms with Gasteiger partial charge in [-0.1, -0.05) is 51.1 Å². The molecule has 0 aliphatic heterocycles. The van der Waals surface area contributed by atoms with Gasteiger partial charge in [0.25, 0.3) is 0 Å². The SMILES string of the molecule is CC[C@@H](NC(=O)[C@@H](NI)C(C)C)c1ccccc1. The Labute approximate surface area is 123 Å². The van der Waals surface area contributed by atoms with Crippen LogP contribution in [0.4, 0.5) is 0 Å². The van der Waals surface area contributed by atoms with Crippen LogP contribution in [-0.2, 0) is 4.79 Å². The van der Waals surface area contributed by atoms with Crippen molar-refractivity contribution in [2.45, 2.75) is 39.3 Å². The Morgan fingerprint density at radius 2 is 1.89 bits per heavy atom. The van der Waals surface area contributed by atoms with E-state index in [1.165, 1.54) is 0 Å². The van der Waals surface area contributed by atoms with Crippen LogP contribution < -0.4 is 8.85 Å². The maximum absolute atomic E-state index is 12.2. The third-order valence-corrected chi connectivity index (χ3v) is 3.66. The van der Waals surface area contributed by atoms with E-state index in [2.05, 4.69) is 27.9 Å². The highest BCUT2D eigenvalue weighted by Gasteiger charge is 2.23. The molecule has 3 nitrogen and oxygen atoms in total. The largest absolute Gasteiger partial charge is 0.348 e.